The Bertz CT molecular complexity index is 757. The van der Waals surface area contributed by atoms with Gasteiger partial charge in [0.1, 0.15) is 5.82 Å². The van der Waals surface area contributed by atoms with E-state index >= 15 is 0 Å². The van der Waals surface area contributed by atoms with E-state index < -0.39 is 0 Å². The molecule has 0 saturated carbocycles. The molecule has 1 fully saturated rings. The van der Waals surface area contributed by atoms with Gasteiger partial charge in [-0.05, 0) is 57.2 Å². The number of likely N-dealkylation sites (tertiary alicyclic amines) is 1. The molecule has 0 aliphatic carbocycles. The molecule has 0 bridgehead atoms. The van der Waals surface area contributed by atoms with Crippen molar-refractivity contribution in [1.29, 1.82) is 0 Å². The lowest BCUT2D eigenvalue weighted by Crippen LogP contribution is -2.44. The van der Waals surface area contributed by atoms with Crippen LogP contribution in [0.5, 0.6) is 0 Å². The Kier molecular flexibility index (Phi) is 5.63. The number of carbonyl (C=O) groups is 1. The van der Waals surface area contributed by atoms with Crippen LogP contribution < -0.4 is 0 Å². The van der Waals surface area contributed by atoms with Crippen molar-refractivity contribution in [3.05, 3.63) is 41.3 Å². The quantitative estimate of drug-likeness (QED) is 0.767. The third kappa shape index (κ3) is 3.98. The molecule has 134 valence electrons. The molecule has 1 amide bonds. The fourth-order valence-electron chi connectivity index (χ4n) is 3.70. The minimum atomic E-state index is -0.334. The van der Waals surface area contributed by atoms with Crippen molar-refractivity contribution in [2.45, 2.75) is 45.1 Å². The summed E-state index contributed by atoms with van der Waals surface area (Å²) in [7, 11) is 1.70. The zero-order valence-electron chi connectivity index (χ0n) is 14.9. The van der Waals surface area contributed by atoms with Crippen molar-refractivity contribution >= 4 is 16.8 Å². The average Bonchev–Trinajstić information content (AvgIpc) is 2.60. The first-order valence-corrected chi connectivity index (χ1v) is 8.97. The van der Waals surface area contributed by atoms with Gasteiger partial charge in [-0.25, -0.2) is 4.39 Å². The normalized spacial score (nSPS) is 17.9. The first-order chi connectivity index (χ1) is 12.1. The zero-order valence-corrected chi connectivity index (χ0v) is 14.9. The van der Waals surface area contributed by atoms with E-state index in [-0.39, 0.29) is 17.8 Å². The van der Waals surface area contributed by atoms with Crippen LogP contribution in [0.1, 0.15) is 48.2 Å². The Morgan fingerprint density at radius 1 is 1.36 bits per heavy atom. The second-order valence-electron chi connectivity index (χ2n) is 6.76. The summed E-state index contributed by atoms with van der Waals surface area (Å²) in [5.74, 6) is -0.302. The van der Waals surface area contributed by atoms with E-state index in [1.54, 1.807) is 13.2 Å². The maximum atomic E-state index is 13.5. The number of methoxy groups -OCH3 is 1. The van der Waals surface area contributed by atoms with Crippen molar-refractivity contribution in [2.75, 3.05) is 20.3 Å². The topological polar surface area (TPSA) is 42.4 Å². The highest BCUT2D eigenvalue weighted by molar-refractivity contribution is 6.06. The number of benzene rings is 1. The van der Waals surface area contributed by atoms with Gasteiger partial charge in [0, 0.05) is 43.4 Å². The molecule has 5 heteroatoms. The lowest BCUT2D eigenvalue weighted by molar-refractivity contribution is 0.0587. The van der Waals surface area contributed by atoms with Crippen molar-refractivity contribution < 1.29 is 13.9 Å². The Morgan fingerprint density at radius 3 is 3.00 bits per heavy atom. The SMILES string of the molecule is COCCCC1CCCCN1C(=O)c1cc(C)nc2cc(F)ccc12. The van der Waals surface area contributed by atoms with E-state index in [4.69, 9.17) is 4.74 Å². The van der Waals surface area contributed by atoms with Crippen molar-refractivity contribution in [3.8, 4) is 0 Å². The van der Waals surface area contributed by atoms with E-state index in [1.165, 1.54) is 12.1 Å². The van der Waals surface area contributed by atoms with Gasteiger partial charge in [0.2, 0.25) is 0 Å². The standard InChI is InChI=1S/C20H25FN2O2/c1-14-12-18(17-9-8-15(21)13-19(17)22-14)20(24)23-10-4-3-6-16(23)7-5-11-25-2/h8-9,12-13,16H,3-7,10-11H2,1-2H3. The van der Waals surface area contributed by atoms with E-state index in [2.05, 4.69) is 4.98 Å². The van der Waals surface area contributed by atoms with Gasteiger partial charge in [-0.3, -0.25) is 9.78 Å². The molecular formula is C20H25FN2O2. The van der Waals surface area contributed by atoms with Crippen LogP contribution in [0.4, 0.5) is 4.39 Å². The number of aromatic nitrogens is 1. The summed E-state index contributed by atoms with van der Waals surface area (Å²) in [5.41, 5.74) is 1.90. The summed E-state index contributed by atoms with van der Waals surface area (Å²) in [6.45, 7) is 3.34. The van der Waals surface area contributed by atoms with Crippen LogP contribution in [-0.4, -0.2) is 42.1 Å². The number of nitrogens with zero attached hydrogens (tertiary/aromatic N) is 2. The minimum Gasteiger partial charge on any atom is -0.385 e. The Balaban J connectivity index is 1.91. The van der Waals surface area contributed by atoms with Gasteiger partial charge in [-0.1, -0.05) is 0 Å². The van der Waals surface area contributed by atoms with Crippen molar-refractivity contribution in [3.63, 3.8) is 0 Å². The number of carbonyl (C=O) groups excluding carboxylic acids is 1. The molecule has 2 aromatic rings. The number of rotatable bonds is 5. The second-order valence-corrected chi connectivity index (χ2v) is 6.76. The highest BCUT2D eigenvalue weighted by Crippen LogP contribution is 2.26. The Labute approximate surface area is 148 Å². The third-order valence-corrected chi connectivity index (χ3v) is 4.90. The lowest BCUT2D eigenvalue weighted by Gasteiger charge is -2.36. The number of piperidine rings is 1. The van der Waals surface area contributed by atoms with Crippen molar-refractivity contribution in [2.24, 2.45) is 0 Å². The molecule has 1 aliphatic heterocycles. The predicted octanol–water partition coefficient (Wildman–Crippen LogP) is 4.10. The number of amides is 1. The summed E-state index contributed by atoms with van der Waals surface area (Å²) in [6.07, 6.45) is 5.13. The van der Waals surface area contributed by atoms with E-state index in [0.29, 0.717) is 11.1 Å². The summed E-state index contributed by atoms with van der Waals surface area (Å²) < 4.78 is 18.7. The molecule has 0 radical (unpaired) electrons. The highest BCUT2D eigenvalue weighted by Gasteiger charge is 2.28. The first kappa shape index (κ1) is 17.8. The highest BCUT2D eigenvalue weighted by atomic mass is 19.1. The van der Waals surface area contributed by atoms with E-state index in [0.717, 1.165) is 56.3 Å². The van der Waals surface area contributed by atoms with Gasteiger partial charge < -0.3 is 9.64 Å². The molecule has 4 nitrogen and oxygen atoms in total. The molecule has 0 N–H and O–H groups in total. The number of aryl methyl sites for hydroxylation is 1. The van der Waals surface area contributed by atoms with Crippen LogP contribution in [0.2, 0.25) is 0 Å². The van der Waals surface area contributed by atoms with Crippen LogP contribution in [0.3, 0.4) is 0 Å². The number of hydrogen-bond acceptors (Lipinski definition) is 3. The monoisotopic (exact) mass is 344 g/mol. The maximum Gasteiger partial charge on any atom is 0.254 e. The van der Waals surface area contributed by atoms with Gasteiger partial charge >= 0.3 is 0 Å². The van der Waals surface area contributed by atoms with Gasteiger partial charge in [-0.2, -0.15) is 0 Å². The van der Waals surface area contributed by atoms with Crippen molar-refractivity contribution in [1.82, 2.24) is 9.88 Å². The third-order valence-electron chi connectivity index (χ3n) is 4.90. The summed E-state index contributed by atoms with van der Waals surface area (Å²) in [6, 6.07) is 6.52. The second kappa shape index (κ2) is 7.91. The van der Waals surface area contributed by atoms with Gasteiger partial charge in [0.15, 0.2) is 0 Å². The van der Waals surface area contributed by atoms with Gasteiger partial charge in [-0.15, -0.1) is 0 Å². The fourth-order valence-corrected chi connectivity index (χ4v) is 3.70. The van der Waals surface area contributed by atoms with Crippen LogP contribution in [0.15, 0.2) is 24.3 Å². The van der Waals surface area contributed by atoms with Crippen LogP contribution in [-0.2, 0) is 4.74 Å². The van der Waals surface area contributed by atoms with Gasteiger partial charge in [0.25, 0.3) is 5.91 Å². The average molecular weight is 344 g/mol. The molecular weight excluding hydrogens is 319 g/mol. The number of pyridine rings is 1. The molecule has 1 atom stereocenters. The smallest absolute Gasteiger partial charge is 0.254 e. The lowest BCUT2D eigenvalue weighted by atomic mass is 9.96. The number of hydrogen-bond donors (Lipinski definition) is 0. The van der Waals surface area contributed by atoms with E-state index in [1.807, 2.05) is 17.9 Å². The summed E-state index contributed by atoms with van der Waals surface area (Å²) in [4.78, 5) is 19.6. The van der Waals surface area contributed by atoms with Crippen LogP contribution in [0.25, 0.3) is 10.9 Å². The Hall–Kier alpha value is -2.01. The summed E-state index contributed by atoms with van der Waals surface area (Å²) in [5, 5.41) is 0.721. The summed E-state index contributed by atoms with van der Waals surface area (Å²) >= 11 is 0. The molecule has 0 spiro atoms. The number of halogens is 1. The van der Waals surface area contributed by atoms with E-state index in [9.17, 15) is 9.18 Å². The fraction of sp³-hybridized carbons (Fsp3) is 0.500. The zero-order chi connectivity index (χ0) is 17.8. The number of ether oxygens (including phenoxy) is 1. The van der Waals surface area contributed by atoms with Gasteiger partial charge in [0.05, 0.1) is 11.1 Å². The minimum absolute atomic E-state index is 0.0317. The molecule has 1 aromatic heterocycles. The first-order valence-electron chi connectivity index (χ1n) is 8.97. The molecule has 1 aliphatic rings. The number of fused-ring (bicyclic) bond motifs is 1. The van der Waals surface area contributed by atoms with Crippen LogP contribution in [0, 0.1) is 12.7 Å². The molecule has 3 rings (SSSR count). The maximum absolute atomic E-state index is 13.5. The molecule has 1 aromatic carbocycles. The molecule has 2 heterocycles. The molecule has 25 heavy (non-hydrogen) atoms. The predicted molar refractivity (Wildman–Crippen MR) is 96.2 cm³/mol. The largest absolute Gasteiger partial charge is 0.385 e. The molecule has 1 saturated heterocycles. The molecule has 1 unspecified atom stereocenters. The van der Waals surface area contributed by atoms with Crippen LogP contribution >= 0.6 is 0 Å². The Morgan fingerprint density at radius 2 is 2.20 bits per heavy atom.